The zero-order chi connectivity index (χ0) is 21.5. The maximum Gasteiger partial charge on any atom is 0.251 e. The van der Waals surface area contributed by atoms with Gasteiger partial charge in [0.15, 0.2) is 0 Å². The summed E-state index contributed by atoms with van der Waals surface area (Å²) in [6, 6.07) is 17.3. The van der Waals surface area contributed by atoms with Gasteiger partial charge in [0.1, 0.15) is 12.4 Å². The first-order valence-electron chi connectivity index (χ1n) is 10.5. The van der Waals surface area contributed by atoms with Crippen LogP contribution in [0.5, 0.6) is 5.75 Å². The maximum atomic E-state index is 13.0. The SMILES string of the molecule is Cc1nc(COc2ccc(C(=O)N[C@H](CN3CCOCC3)c3ccccc3)cc2)cs1. The molecule has 1 N–H and O–H groups in total. The Morgan fingerprint density at radius 2 is 1.90 bits per heavy atom. The molecule has 1 saturated heterocycles. The second-order valence-corrected chi connectivity index (χ2v) is 8.58. The van der Waals surface area contributed by atoms with Crippen molar-refractivity contribution in [3.8, 4) is 5.75 Å². The number of ether oxygens (including phenoxy) is 2. The van der Waals surface area contributed by atoms with Crippen LogP contribution < -0.4 is 10.1 Å². The number of rotatable bonds is 8. The fraction of sp³-hybridized carbons (Fsp3) is 0.333. The van der Waals surface area contributed by atoms with E-state index in [1.54, 1.807) is 23.5 Å². The molecule has 1 fully saturated rings. The molecule has 0 saturated carbocycles. The van der Waals surface area contributed by atoms with Gasteiger partial charge in [-0.2, -0.15) is 0 Å². The minimum Gasteiger partial charge on any atom is -0.487 e. The average Bonchev–Trinajstić information content (AvgIpc) is 3.24. The van der Waals surface area contributed by atoms with E-state index in [4.69, 9.17) is 9.47 Å². The lowest BCUT2D eigenvalue weighted by atomic mass is 10.1. The maximum absolute atomic E-state index is 13.0. The highest BCUT2D eigenvalue weighted by molar-refractivity contribution is 7.09. The lowest BCUT2D eigenvalue weighted by molar-refractivity contribution is 0.0332. The van der Waals surface area contributed by atoms with Crippen LogP contribution in [-0.2, 0) is 11.3 Å². The molecule has 0 unspecified atom stereocenters. The van der Waals surface area contributed by atoms with E-state index in [-0.39, 0.29) is 11.9 Å². The third-order valence-electron chi connectivity index (χ3n) is 5.22. The van der Waals surface area contributed by atoms with Gasteiger partial charge in [-0.25, -0.2) is 4.98 Å². The van der Waals surface area contributed by atoms with Gasteiger partial charge >= 0.3 is 0 Å². The van der Waals surface area contributed by atoms with E-state index in [2.05, 4.69) is 27.3 Å². The number of carbonyl (C=O) groups is 1. The Kier molecular flexibility index (Phi) is 7.30. The summed E-state index contributed by atoms with van der Waals surface area (Å²) < 4.78 is 11.2. The first-order chi connectivity index (χ1) is 15.2. The Morgan fingerprint density at radius 1 is 1.16 bits per heavy atom. The van der Waals surface area contributed by atoms with Crippen molar-refractivity contribution in [1.29, 1.82) is 0 Å². The smallest absolute Gasteiger partial charge is 0.251 e. The van der Waals surface area contributed by atoms with Gasteiger partial charge in [-0.3, -0.25) is 9.69 Å². The van der Waals surface area contributed by atoms with Crippen LogP contribution in [0.4, 0.5) is 0 Å². The summed E-state index contributed by atoms with van der Waals surface area (Å²) in [5.74, 6) is 0.624. The van der Waals surface area contributed by atoms with Gasteiger partial charge in [0.05, 0.1) is 30.0 Å². The molecule has 0 spiro atoms. The van der Waals surface area contributed by atoms with Crippen LogP contribution >= 0.6 is 11.3 Å². The molecule has 31 heavy (non-hydrogen) atoms. The number of thiazole rings is 1. The summed E-state index contributed by atoms with van der Waals surface area (Å²) in [5, 5.41) is 6.23. The van der Waals surface area contributed by atoms with Crippen LogP contribution in [0, 0.1) is 6.92 Å². The van der Waals surface area contributed by atoms with E-state index in [1.807, 2.05) is 42.6 Å². The molecule has 0 aliphatic carbocycles. The van der Waals surface area contributed by atoms with Crippen LogP contribution in [0.3, 0.4) is 0 Å². The Balaban J connectivity index is 1.39. The number of aryl methyl sites for hydroxylation is 1. The molecule has 2 aromatic carbocycles. The quantitative estimate of drug-likeness (QED) is 0.580. The molecule has 1 atom stereocenters. The summed E-state index contributed by atoms with van der Waals surface area (Å²) in [7, 11) is 0. The lowest BCUT2D eigenvalue weighted by Gasteiger charge is -2.31. The van der Waals surface area contributed by atoms with Crippen molar-refractivity contribution in [3.63, 3.8) is 0 Å². The molecule has 1 aliphatic heterocycles. The molecule has 0 radical (unpaired) electrons. The van der Waals surface area contributed by atoms with Gasteiger partial charge in [-0.15, -0.1) is 11.3 Å². The van der Waals surface area contributed by atoms with Crippen molar-refractivity contribution in [2.45, 2.75) is 19.6 Å². The third-order valence-corrected chi connectivity index (χ3v) is 6.04. The first-order valence-corrected chi connectivity index (χ1v) is 11.3. The largest absolute Gasteiger partial charge is 0.487 e. The van der Waals surface area contributed by atoms with Gasteiger partial charge in [-0.1, -0.05) is 30.3 Å². The second-order valence-electron chi connectivity index (χ2n) is 7.52. The second kappa shape index (κ2) is 10.5. The highest BCUT2D eigenvalue weighted by atomic mass is 32.1. The number of hydrogen-bond acceptors (Lipinski definition) is 6. The zero-order valence-electron chi connectivity index (χ0n) is 17.6. The molecule has 7 heteroatoms. The minimum absolute atomic E-state index is 0.0874. The lowest BCUT2D eigenvalue weighted by Crippen LogP contribution is -2.43. The van der Waals surface area contributed by atoms with Crippen LogP contribution in [0.25, 0.3) is 0 Å². The molecule has 3 aromatic rings. The topological polar surface area (TPSA) is 63.7 Å². The minimum atomic E-state index is -0.0937. The Morgan fingerprint density at radius 3 is 2.58 bits per heavy atom. The predicted octanol–water partition coefficient (Wildman–Crippen LogP) is 3.83. The van der Waals surface area contributed by atoms with E-state index in [0.717, 1.165) is 54.9 Å². The van der Waals surface area contributed by atoms with Crippen molar-refractivity contribution < 1.29 is 14.3 Å². The summed E-state index contributed by atoms with van der Waals surface area (Å²) in [5.41, 5.74) is 2.62. The zero-order valence-corrected chi connectivity index (χ0v) is 18.4. The van der Waals surface area contributed by atoms with Crippen molar-refractivity contribution >= 4 is 17.2 Å². The Hall–Kier alpha value is -2.74. The van der Waals surface area contributed by atoms with E-state index in [9.17, 15) is 4.79 Å². The molecule has 1 aliphatic rings. The fourth-order valence-electron chi connectivity index (χ4n) is 3.54. The summed E-state index contributed by atoms with van der Waals surface area (Å²) >= 11 is 1.61. The normalized spacial score (nSPS) is 15.4. The summed E-state index contributed by atoms with van der Waals surface area (Å²) in [6.45, 7) is 6.38. The van der Waals surface area contributed by atoms with Crippen molar-refractivity contribution in [1.82, 2.24) is 15.2 Å². The molecule has 6 nitrogen and oxygen atoms in total. The van der Waals surface area contributed by atoms with E-state index >= 15 is 0 Å². The van der Waals surface area contributed by atoms with Crippen molar-refractivity contribution in [3.05, 3.63) is 81.8 Å². The number of amides is 1. The van der Waals surface area contributed by atoms with Crippen molar-refractivity contribution in [2.75, 3.05) is 32.8 Å². The van der Waals surface area contributed by atoms with Gasteiger partial charge in [-0.05, 0) is 36.8 Å². The van der Waals surface area contributed by atoms with E-state index in [0.29, 0.717) is 12.2 Å². The van der Waals surface area contributed by atoms with Crippen molar-refractivity contribution in [2.24, 2.45) is 0 Å². The first kappa shape index (κ1) is 21.5. The third kappa shape index (κ3) is 6.13. The van der Waals surface area contributed by atoms with Crippen LogP contribution in [0.2, 0.25) is 0 Å². The molecule has 0 bridgehead atoms. The summed E-state index contributed by atoms with van der Waals surface area (Å²) in [6.07, 6.45) is 0. The number of nitrogens with zero attached hydrogens (tertiary/aromatic N) is 2. The van der Waals surface area contributed by atoms with Crippen LogP contribution in [0.1, 0.15) is 32.7 Å². The van der Waals surface area contributed by atoms with E-state index in [1.165, 1.54) is 0 Å². The van der Waals surface area contributed by atoms with Crippen LogP contribution in [0.15, 0.2) is 60.0 Å². The molecule has 1 aromatic heterocycles. The van der Waals surface area contributed by atoms with Gasteiger partial charge in [0.25, 0.3) is 5.91 Å². The molecule has 162 valence electrons. The van der Waals surface area contributed by atoms with E-state index < -0.39 is 0 Å². The number of aromatic nitrogens is 1. The highest BCUT2D eigenvalue weighted by Crippen LogP contribution is 2.19. The Labute approximate surface area is 186 Å². The number of carbonyl (C=O) groups excluding carboxylic acids is 1. The van der Waals surface area contributed by atoms with Gasteiger partial charge < -0.3 is 14.8 Å². The highest BCUT2D eigenvalue weighted by Gasteiger charge is 2.20. The van der Waals surface area contributed by atoms with Gasteiger partial charge in [0, 0.05) is 30.6 Å². The number of morpholine rings is 1. The average molecular weight is 438 g/mol. The summed E-state index contributed by atoms with van der Waals surface area (Å²) in [4.78, 5) is 19.7. The number of nitrogens with one attached hydrogen (secondary N) is 1. The molecule has 1 amide bonds. The number of hydrogen-bond donors (Lipinski definition) is 1. The monoisotopic (exact) mass is 437 g/mol. The molecule has 2 heterocycles. The Bertz CT molecular complexity index is 969. The molecule has 4 rings (SSSR count). The molecular weight excluding hydrogens is 410 g/mol. The van der Waals surface area contributed by atoms with Crippen LogP contribution in [-0.4, -0.2) is 48.6 Å². The molecular formula is C24H27N3O3S. The van der Waals surface area contributed by atoms with Gasteiger partial charge in [0.2, 0.25) is 0 Å². The fourth-order valence-corrected chi connectivity index (χ4v) is 4.13. The standard InChI is InChI=1S/C24H27N3O3S/c1-18-25-21(17-31-18)16-30-22-9-7-20(8-10-22)24(28)26-23(19-5-3-2-4-6-19)15-27-11-13-29-14-12-27/h2-10,17,23H,11-16H2,1H3,(H,26,28)/t23-/m1/s1. The number of benzene rings is 2. The predicted molar refractivity (Wildman–Crippen MR) is 122 cm³/mol.